The number of nitrogens with one attached hydrogen (secondary N) is 2. The van der Waals surface area contributed by atoms with Gasteiger partial charge in [-0.15, -0.1) is 5.10 Å². The van der Waals surface area contributed by atoms with Crippen molar-refractivity contribution in [1.29, 1.82) is 0 Å². The molecule has 7 nitrogen and oxygen atoms in total. The van der Waals surface area contributed by atoms with Crippen LogP contribution in [0.25, 0.3) is 0 Å². The topological polar surface area (TPSA) is 88.5 Å². The van der Waals surface area contributed by atoms with Crippen molar-refractivity contribution in [3.63, 3.8) is 0 Å². The molecule has 0 fully saturated rings. The van der Waals surface area contributed by atoms with E-state index in [-0.39, 0.29) is 11.7 Å². The third-order valence-corrected chi connectivity index (χ3v) is 3.75. The molecular formula is C13H20N6OS. The lowest BCUT2D eigenvalue weighted by atomic mass is 10.3. The number of rotatable bonds is 6. The molecule has 2 aromatic rings. The first-order valence-corrected chi connectivity index (χ1v) is 7.77. The van der Waals surface area contributed by atoms with Gasteiger partial charge in [0, 0.05) is 25.6 Å². The number of nitrogens with zero attached hydrogens (tertiary/aromatic N) is 4. The molecule has 0 unspecified atom stereocenters. The monoisotopic (exact) mass is 308 g/mol. The van der Waals surface area contributed by atoms with E-state index in [1.54, 1.807) is 4.57 Å². The molecule has 0 amide bonds. The largest absolute Gasteiger partial charge is 0.373 e. The van der Waals surface area contributed by atoms with Gasteiger partial charge < -0.3 is 5.32 Å². The highest BCUT2D eigenvalue weighted by Crippen LogP contribution is 2.26. The lowest BCUT2D eigenvalue weighted by Crippen LogP contribution is -2.19. The maximum atomic E-state index is 11.8. The summed E-state index contributed by atoms with van der Waals surface area (Å²) in [6.07, 6.45) is 1.80. The van der Waals surface area contributed by atoms with Crippen LogP contribution in [0.4, 0.5) is 5.82 Å². The number of aryl methyl sites for hydroxylation is 1. The molecule has 8 heteroatoms. The van der Waals surface area contributed by atoms with Crippen LogP contribution in [-0.4, -0.2) is 31.8 Å². The van der Waals surface area contributed by atoms with Gasteiger partial charge in [0.15, 0.2) is 5.16 Å². The van der Waals surface area contributed by atoms with E-state index in [9.17, 15) is 4.79 Å². The Morgan fingerprint density at radius 2 is 2.19 bits per heavy atom. The fourth-order valence-corrected chi connectivity index (χ4v) is 2.89. The summed E-state index contributed by atoms with van der Waals surface area (Å²) in [5.41, 5.74) is -0.204. The average molecular weight is 308 g/mol. The van der Waals surface area contributed by atoms with Crippen LogP contribution in [0.15, 0.2) is 21.0 Å². The first kappa shape index (κ1) is 15.6. The third-order valence-electron chi connectivity index (χ3n) is 2.86. The van der Waals surface area contributed by atoms with E-state index in [1.807, 2.05) is 27.0 Å². The molecule has 21 heavy (non-hydrogen) atoms. The van der Waals surface area contributed by atoms with Gasteiger partial charge in [-0.3, -0.25) is 4.57 Å². The van der Waals surface area contributed by atoms with Crippen molar-refractivity contribution in [2.24, 2.45) is 0 Å². The normalized spacial score (nSPS) is 11.1. The Kier molecular flexibility index (Phi) is 5.00. The minimum Gasteiger partial charge on any atom is -0.373 e. The quantitative estimate of drug-likeness (QED) is 0.794. The van der Waals surface area contributed by atoms with Gasteiger partial charge in [-0.1, -0.05) is 6.92 Å². The third kappa shape index (κ3) is 3.63. The van der Waals surface area contributed by atoms with E-state index in [0.29, 0.717) is 5.16 Å². The zero-order chi connectivity index (χ0) is 15.4. The lowest BCUT2D eigenvalue weighted by Gasteiger charge is -2.09. The molecule has 2 aromatic heterocycles. The zero-order valence-corrected chi connectivity index (χ0v) is 13.5. The van der Waals surface area contributed by atoms with Gasteiger partial charge in [-0.2, -0.15) is 0 Å². The van der Waals surface area contributed by atoms with Gasteiger partial charge in [0.1, 0.15) is 16.7 Å². The van der Waals surface area contributed by atoms with E-state index in [1.165, 1.54) is 11.8 Å². The SMILES string of the molecule is CCCc1nc(NC)cc(Sc2n[nH]c(=O)n2C(C)C)n1. The molecule has 0 radical (unpaired) electrons. The van der Waals surface area contributed by atoms with Crippen molar-refractivity contribution < 1.29 is 0 Å². The molecule has 114 valence electrons. The van der Waals surface area contributed by atoms with E-state index in [0.717, 1.165) is 29.5 Å². The molecule has 2 rings (SSSR count). The molecule has 2 N–H and O–H groups in total. The van der Waals surface area contributed by atoms with Crippen LogP contribution >= 0.6 is 11.8 Å². The summed E-state index contributed by atoms with van der Waals surface area (Å²) in [5.74, 6) is 1.56. The predicted octanol–water partition coefficient (Wildman–Crippen LogP) is 2.09. The van der Waals surface area contributed by atoms with Crippen molar-refractivity contribution in [2.45, 2.75) is 49.8 Å². The van der Waals surface area contributed by atoms with Crippen LogP contribution < -0.4 is 11.0 Å². The Morgan fingerprint density at radius 3 is 2.81 bits per heavy atom. The fraction of sp³-hybridized carbons (Fsp3) is 0.538. The van der Waals surface area contributed by atoms with Crippen molar-refractivity contribution in [1.82, 2.24) is 24.7 Å². The van der Waals surface area contributed by atoms with Crippen LogP contribution in [0.3, 0.4) is 0 Å². The lowest BCUT2D eigenvalue weighted by molar-refractivity contribution is 0.534. The van der Waals surface area contributed by atoms with E-state index in [4.69, 9.17) is 0 Å². The predicted molar refractivity (Wildman–Crippen MR) is 82.9 cm³/mol. The van der Waals surface area contributed by atoms with E-state index in [2.05, 4.69) is 32.4 Å². The maximum absolute atomic E-state index is 11.8. The molecule has 0 atom stereocenters. The summed E-state index contributed by atoms with van der Waals surface area (Å²) in [6.45, 7) is 5.98. The second-order valence-electron chi connectivity index (χ2n) is 4.88. The number of hydrogen-bond acceptors (Lipinski definition) is 6. The van der Waals surface area contributed by atoms with Gasteiger partial charge >= 0.3 is 5.69 Å². The maximum Gasteiger partial charge on any atom is 0.344 e. The average Bonchev–Trinajstić information content (AvgIpc) is 2.79. The minimum atomic E-state index is -0.204. The van der Waals surface area contributed by atoms with Gasteiger partial charge in [0.25, 0.3) is 0 Å². The Hall–Kier alpha value is -1.83. The van der Waals surface area contributed by atoms with Crippen LogP contribution in [0.1, 0.15) is 39.1 Å². The van der Waals surface area contributed by atoms with E-state index >= 15 is 0 Å². The van der Waals surface area contributed by atoms with Gasteiger partial charge in [-0.25, -0.2) is 19.9 Å². The molecule has 0 aliphatic heterocycles. The first-order chi connectivity index (χ1) is 10.0. The van der Waals surface area contributed by atoms with Crippen molar-refractivity contribution in [2.75, 3.05) is 12.4 Å². The minimum absolute atomic E-state index is 0.0412. The van der Waals surface area contributed by atoms with Crippen molar-refractivity contribution >= 4 is 17.6 Å². The van der Waals surface area contributed by atoms with Gasteiger partial charge in [-0.05, 0) is 32.0 Å². The highest BCUT2D eigenvalue weighted by Gasteiger charge is 2.14. The van der Waals surface area contributed by atoms with Crippen LogP contribution in [0.2, 0.25) is 0 Å². The number of aromatic nitrogens is 5. The van der Waals surface area contributed by atoms with Gasteiger partial charge in [0.05, 0.1) is 0 Å². The Morgan fingerprint density at radius 1 is 1.43 bits per heavy atom. The Labute approximate surface area is 127 Å². The summed E-state index contributed by atoms with van der Waals surface area (Å²) < 4.78 is 1.62. The number of hydrogen-bond donors (Lipinski definition) is 2. The second kappa shape index (κ2) is 6.75. The molecule has 2 heterocycles. The first-order valence-electron chi connectivity index (χ1n) is 6.95. The summed E-state index contributed by atoms with van der Waals surface area (Å²) in [6, 6.07) is 1.90. The van der Waals surface area contributed by atoms with Crippen LogP contribution in [0, 0.1) is 0 Å². The standard InChI is InChI=1S/C13H20N6OS/c1-5-6-9-15-10(14-4)7-11(16-9)21-13-18-17-12(20)19(13)8(2)3/h7-8H,5-6H2,1-4H3,(H,17,20)(H,14,15,16). The molecule has 0 spiro atoms. The fourth-order valence-electron chi connectivity index (χ4n) is 1.90. The van der Waals surface area contributed by atoms with E-state index < -0.39 is 0 Å². The molecule has 0 aromatic carbocycles. The van der Waals surface area contributed by atoms with Crippen LogP contribution in [-0.2, 0) is 6.42 Å². The number of aromatic amines is 1. The number of anilines is 1. The summed E-state index contributed by atoms with van der Waals surface area (Å²) in [7, 11) is 1.82. The van der Waals surface area contributed by atoms with Crippen LogP contribution in [0.5, 0.6) is 0 Å². The summed E-state index contributed by atoms with van der Waals surface area (Å²) >= 11 is 1.36. The molecular weight excluding hydrogens is 288 g/mol. The Balaban J connectivity index is 2.35. The number of H-pyrrole nitrogens is 1. The Bertz CT molecular complexity index is 663. The zero-order valence-electron chi connectivity index (χ0n) is 12.7. The molecule has 0 bridgehead atoms. The highest BCUT2D eigenvalue weighted by atomic mass is 32.2. The second-order valence-corrected chi connectivity index (χ2v) is 5.87. The molecule has 0 saturated heterocycles. The van der Waals surface area contributed by atoms with Crippen molar-refractivity contribution in [3.05, 3.63) is 22.4 Å². The summed E-state index contributed by atoms with van der Waals surface area (Å²) in [5, 5.41) is 11.0. The highest BCUT2D eigenvalue weighted by molar-refractivity contribution is 7.99. The smallest absolute Gasteiger partial charge is 0.344 e. The van der Waals surface area contributed by atoms with Crippen molar-refractivity contribution in [3.8, 4) is 0 Å². The summed E-state index contributed by atoms with van der Waals surface area (Å²) in [4.78, 5) is 20.7. The molecule has 0 aliphatic carbocycles. The van der Waals surface area contributed by atoms with Gasteiger partial charge in [0.2, 0.25) is 0 Å². The molecule has 0 aliphatic rings. The molecule has 0 saturated carbocycles.